The van der Waals surface area contributed by atoms with Gasteiger partial charge in [0.05, 0.1) is 18.8 Å². The molecule has 1 atom stereocenters. The van der Waals surface area contributed by atoms with Gasteiger partial charge in [0.15, 0.2) is 0 Å². The van der Waals surface area contributed by atoms with Crippen molar-refractivity contribution in [3.8, 4) is 0 Å². The third kappa shape index (κ3) is 2.94. The Morgan fingerprint density at radius 2 is 2.25 bits per heavy atom. The number of nitrogens with one attached hydrogen (secondary N) is 1. The first-order chi connectivity index (χ1) is 9.54. The molecule has 20 heavy (non-hydrogen) atoms. The summed E-state index contributed by atoms with van der Waals surface area (Å²) in [5, 5.41) is 2.54. The maximum Gasteiger partial charge on any atom is 0.256 e. The lowest BCUT2D eigenvalue weighted by molar-refractivity contribution is -0.130. The molecule has 0 spiro atoms. The smallest absolute Gasteiger partial charge is 0.256 e. The van der Waals surface area contributed by atoms with E-state index in [0.29, 0.717) is 24.4 Å². The molecule has 0 bridgehead atoms. The summed E-state index contributed by atoms with van der Waals surface area (Å²) >= 11 is 3.32. The van der Waals surface area contributed by atoms with E-state index in [1.165, 1.54) is 11.9 Å². The molecule has 1 saturated heterocycles. The molecule has 1 fully saturated rings. The van der Waals surface area contributed by atoms with Crippen molar-refractivity contribution in [2.24, 2.45) is 0 Å². The van der Waals surface area contributed by atoms with E-state index in [1.807, 2.05) is 0 Å². The summed E-state index contributed by atoms with van der Waals surface area (Å²) in [6, 6.07) is 4.46. The first-order valence-corrected chi connectivity index (χ1v) is 6.99. The van der Waals surface area contributed by atoms with E-state index in [-0.39, 0.29) is 18.4 Å². The first-order valence-electron chi connectivity index (χ1n) is 6.20. The zero-order valence-corrected chi connectivity index (χ0v) is 12.6. The Hall–Kier alpha value is -1.60. The number of hydrogen-bond acceptors (Lipinski definition) is 4. The van der Waals surface area contributed by atoms with Gasteiger partial charge in [0.2, 0.25) is 5.91 Å². The van der Waals surface area contributed by atoms with Crippen molar-refractivity contribution in [2.75, 3.05) is 32.5 Å². The van der Waals surface area contributed by atoms with Crippen LogP contribution in [0.1, 0.15) is 10.4 Å². The van der Waals surface area contributed by atoms with Gasteiger partial charge in [0.25, 0.3) is 5.91 Å². The number of nitrogen functional groups attached to an aromatic ring is 1. The second-order valence-electron chi connectivity index (χ2n) is 4.44. The number of anilines is 1. The SMILES string of the molecule is CNC(=O)C1COCCN1C(=O)c1cc(Br)ccc1N. The molecule has 2 amide bonds. The molecule has 1 aromatic carbocycles. The van der Waals surface area contributed by atoms with Gasteiger partial charge in [-0.05, 0) is 18.2 Å². The highest BCUT2D eigenvalue weighted by atomic mass is 79.9. The number of hydrogen-bond donors (Lipinski definition) is 2. The molecule has 1 heterocycles. The number of rotatable bonds is 2. The summed E-state index contributed by atoms with van der Waals surface area (Å²) in [6.45, 7) is 0.968. The van der Waals surface area contributed by atoms with Gasteiger partial charge in [0.1, 0.15) is 6.04 Å². The van der Waals surface area contributed by atoms with Crippen molar-refractivity contribution in [1.82, 2.24) is 10.2 Å². The third-order valence-electron chi connectivity index (χ3n) is 3.18. The van der Waals surface area contributed by atoms with Crippen LogP contribution in [0.4, 0.5) is 5.69 Å². The Morgan fingerprint density at radius 1 is 1.50 bits per heavy atom. The Bertz CT molecular complexity index is 536. The minimum atomic E-state index is -0.625. The second kappa shape index (κ2) is 6.23. The standard InChI is InChI=1S/C13H16BrN3O3/c1-16-12(18)11-7-20-5-4-17(11)13(19)9-6-8(14)2-3-10(9)15/h2-3,6,11H,4-5,7,15H2,1H3,(H,16,18). The van der Waals surface area contributed by atoms with E-state index in [4.69, 9.17) is 10.5 Å². The molecule has 1 aromatic rings. The molecule has 0 aliphatic carbocycles. The predicted molar refractivity (Wildman–Crippen MR) is 78.3 cm³/mol. The number of carbonyl (C=O) groups excluding carboxylic acids is 2. The van der Waals surface area contributed by atoms with E-state index >= 15 is 0 Å². The minimum absolute atomic E-state index is 0.194. The lowest BCUT2D eigenvalue weighted by Gasteiger charge is -2.34. The number of nitrogens with zero attached hydrogens (tertiary/aromatic N) is 1. The maximum atomic E-state index is 12.6. The molecular formula is C13H16BrN3O3. The summed E-state index contributed by atoms with van der Waals surface area (Å²) < 4.78 is 6.04. The summed E-state index contributed by atoms with van der Waals surface area (Å²) in [7, 11) is 1.53. The van der Waals surface area contributed by atoms with Crippen LogP contribution in [0.3, 0.4) is 0 Å². The van der Waals surface area contributed by atoms with E-state index < -0.39 is 6.04 Å². The summed E-state index contributed by atoms with van der Waals surface area (Å²) in [5.74, 6) is -0.507. The normalized spacial score (nSPS) is 18.7. The van der Waals surface area contributed by atoms with Crippen LogP contribution in [-0.4, -0.2) is 49.6 Å². The van der Waals surface area contributed by atoms with Crippen molar-refractivity contribution < 1.29 is 14.3 Å². The lowest BCUT2D eigenvalue weighted by atomic mass is 10.1. The van der Waals surface area contributed by atoms with Crippen molar-refractivity contribution in [2.45, 2.75) is 6.04 Å². The third-order valence-corrected chi connectivity index (χ3v) is 3.68. The second-order valence-corrected chi connectivity index (χ2v) is 5.35. The van der Waals surface area contributed by atoms with Crippen LogP contribution >= 0.6 is 15.9 Å². The topological polar surface area (TPSA) is 84.7 Å². The summed E-state index contributed by atoms with van der Waals surface area (Å²) in [4.78, 5) is 25.9. The van der Waals surface area contributed by atoms with Gasteiger partial charge in [-0.3, -0.25) is 9.59 Å². The lowest BCUT2D eigenvalue weighted by Crippen LogP contribution is -2.55. The summed E-state index contributed by atoms with van der Waals surface area (Å²) in [5.41, 5.74) is 6.62. The van der Waals surface area contributed by atoms with Gasteiger partial charge < -0.3 is 20.7 Å². The first kappa shape index (κ1) is 14.8. The number of likely N-dealkylation sites (N-methyl/N-ethyl adjacent to an activating group) is 1. The van der Waals surface area contributed by atoms with Crippen LogP contribution in [0.25, 0.3) is 0 Å². The number of carbonyl (C=O) groups is 2. The average Bonchev–Trinajstić information content (AvgIpc) is 2.48. The molecule has 0 aromatic heterocycles. The van der Waals surface area contributed by atoms with Gasteiger partial charge in [-0.25, -0.2) is 0 Å². The Labute approximate surface area is 125 Å². The van der Waals surface area contributed by atoms with E-state index in [0.717, 1.165) is 4.47 Å². The predicted octanol–water partition coefficient (Wildman–Crippen LogP) is 0.618. The number of ether oxygens (including phenoxy) is 1. The van der Waals surface area contributed by atoms with Crippen LogP contribution in [0.15, 0.2) is 22.7 Å². The fourth-order valence-corrected chi connectivity index (χ4v) is 2.46. The largest absolute Gasteiger partial charge is 0.398 e. The van der Waals surface area contributed by atoms with Crippen LogP contribution in [0, 0.1) is 0 Å². The Kier molecular flexibility index (Phi) is 4.61. The highest BCUT2D eigenvalue weighted by Gasteiger charge is 2.33. The van der Waals surface area contributed by atoms with E-state index in [1.54, 1.807) is 18.2 Å². The van der Waals surface area contributed by atoms with E-state index in [9.17, 15) is 9.59 Å². The molecule has 6 nitrogen and oxygen atoms in total. The van der Waals surface area contributed by atoms with Gasteiger partial charge in [-0.1, -0.05) is 15.9 Å². The van der Waals surface area contributed by atoms with Gasteiger partial charge >= 0.3 is 0 Å². The minimum Gasteiger partial charge on any atom is -0.398 e. The van der Waals surface area contributed by atoms with Crippen LogP contribution < -0.4 is 11.1 Å². The van der Waals surface area contributed by atoms with Crippen LogP contribution in [-0.2, 0) is 9.53 Å². The highest BCUT2D eigenvalue weighted by Crippen LogP contribution is 2.22. The van der Waals surface area contributed by atoms with Crippen molar-refractivity contribution >= 4 is 33.4 Å². The zero-order valence-electron chi connectivity index (χ0n) is 11.1. The molecule has 1 unspecified atom stereocenters. The van der Waals surface area contributed by atoms with Crippen molar-refractivity contribution in [1.29, 1.82) is 0 Å². The van der Waals surface area contributed by atoms with Crippen molar-refractivity contribution in [3.05, 3.63) is 28.2 Å². The fraction of sp³-hybridized carbons (Fsp3) is 0.385. The molecule has 3 N–H and O–H groups in total. The number of amides is 2. The van der Waals surface area contributed by atoms with Gasteiger partial charge in [0, 0.05) is 23.8 Å². The molecule has 7 heteroatoms. The molecule has 0 saturated carbocycles. The fourth-order valence-electron chi connectivity index (χ4n) is 2.10. The Balaban J connectivity index is 2.30. The van der Waals surface area contributed by atoms with Gasteiger partial charge in [-0.2, -0.15) is 0 Å². The Morgan fingerprint density at radius 3 is 2.95 bits per heavy atom. The number of nitrogens with two attached hydrogens (primary N) is 1. The number of morpholine rings is 1. The maximum absolute atomic E-state index is 12.6. The van der Waals surface area contributed by atoms with Crippen molar-refractivity contribution in [3.63, 3.8) is 0 Å². The molecule has 1 aliphatic heterocycles. The van der Waals surface area contributed by atoms with Gasteiger partial charge in [-0.15, -0.1) is 0 Å². The summed E-state index contributed by atoms with van der Waals surface area (Å²) in [6.07, 6.45) is 0. The quantitative estimate of drug-likeness (QED) is 0.772. The molecule has 108 valence electrons. The van der Waals surface area contributed by atoms with Crippen LogP contribution in [0.2, 0.25) is 0 Å². The molecule has 1 aliphatic rings. The van der Waals surface area contributed by atoms with E-state index in [2.05, 4.69) is 21.2 Å². The average molecular weight is 342 g/mol. The highest BCUT2D eigenvalue weighted by molar-refractivity contribution is 9.10. The molecule has 2 rings (SSSR count). The number of halogens is 1. The molecular weight excluding hydrogens is 326 g/mol. The zero-order chi connectivity index (χ0) is 14.7. The monoisotopic (exact) mass is 341 g/mol. The molecule has 0 radical (unpaired) electrons. The van der Waals surface area contributed by atoms with Crippen LogP contribution in [0.5, 0.6) is 0 Å². The number of benzene rings is 1.